The van der Waals surface area contributed by atoms with Gasteiger partial charge in [0.15, 0.2) is 0 Å². The van der Waals surface area contributed by atoms with Crippen molar-refractivity contribution in [2.24, 2.45) is 5.92 Å². The molecule has 1 unspecified atom stereocenters. The van der Waals surface area contributed by atoms with Gasteiger partial charge in [-0.15, -0.1) is 0 Å². The monoisotopic (exact) mass is 281 g/mol. The maximum Gasteiger partial charge on any atom is 0.373 e. The van der Waals surface area contributed by atoms with E-state index in [1.165, 1.54) is 7.11 Å². The van der Waals surface area contributed by atoms with Crippen molar-refractivity contribution in [2.75, 3.05) is 20.7 Å². The van der Waals surface area contributed by atoms with Crippen LogP contribution in [0.15, 0.2) is 10.5 Å². The highest BCUT2D eigenvalue weighted by Gasteiger charge is 2.30. The van der Waals surface area contributed by atoms with Gasteiger partial charge in [0.2, 0.25) is 5.76 Å². The van der Waals surface area contributed by atoms with Gasteiger partial charge in [-0.25, -0.2) is 4.79 Å². The number of aliphatic hydroxyl groups excluding tert-OH is 1. The summed E-state index contributed by atoms with van der Waals surface area (Å²) in [5.41, 5.74) is 0.985. The zero-order chi connectivity index (χ0) is 14.7. The van der Waals surface area contributed by atoms with Crippen LogP contribution in [0.4, 0.5) is 0 Å². The quantitative estimate of drug-likeness (QED) is 0.773. The first-order valence-corrected chi connectivity index (χ1v) is 7.11. The molecular formula is C15H23NO4. The van der Waals surface area contributed by atoms with Gasteiger partial charge in [0.25, 0.3) is 0 Å². The number of aryl methyl sites for hydroxylation is 1. The van der Waals surface area contributed by atoms with Crippen LogP contribution in [0.25, 0.3) is 0 Å². The molecule has 1 aromatic heterocycles. The molecule has 0 amide bonds. The predicted molar refractivity (Wildman–Crippen MR) is 74.5 cm³/mol. The van der Waals surface area contributed by atoms with E-state index in [4.69, 9.17) is 4.42 Å². The molecule has 1 fully saturated rings. The smallest absolute Gasteiger partial charge is 0.373 e. The van der Waals surface area contributed by atoms with Gasteiger partial charge in [0.05, 0.1) is 13.2 Å². The normalized spacial score (nSPS) is 16.4. The summed E-state index contributed by atoms with van der Waals surface area (Å²) in [5, 5.41) is 9.96. The van der Waals surface area contributed by atoms with Crippen LogP contribution in [0.5, 0.6) is 0 Å². The van der Waals surface area contributed by atoms with E-state index in [1.807, 2.05) is 14.0 Å². The molecule has 0 bridgehead atoms. The van der Waals surface area contributed by atoms with E-state index in [2.05, 4.69) is 9.64 Å². The predicted octanol–water partition coefficient (Wildman–Crippen LogP) is 1.83. The Hall–Kier alpha value is -1.33. The summed E-state index contributed by atoms with van der Waals surface area (Å²) < 4.78 is 10.2. The van der Waals surface area contributed by atoms with Gasteiger partial charge in [0.1, 0.15) is 5.76 Å². The van der Waals surface area contributed by atoms with Crippen LogP contribution < -0.4 is 0 Å². The SMILES string of the molecule is CCc1oc(C(=O)OC)cc1CN(C)CC(O)C1CC1. The molecule has 0 aliphatic heterocycles. The summed E-state index contributed by atoms with van der Waals surface area (Å²) in [7, 11) is 3.31. The molecule has 1 heterocycles. The minimum absolute atomic E-state index is 0.246. The average Bonchev–Trinajstić information content (AvgIpc) is 3.20. The molecule has 1 saturated carbocycles. The molecule has 1 aromatic rings. The third-order valence-electron chi connectivity index (χ3n) is 3.71. The summed E-state index contributed by atoms with van der Waals surface area (Å²) in [6.45, 7) is 3.29. The number of methoxy groups -OCH3 is 1. The molecule has 2 rings (SSSR count). The van der Waals surface area contributed by atoms with Crippen molar-refractivity contribution in [1.29, 1.82) is 0 Å². The topological polar surface area (TPSA) is 62.9 Å². The molecule has 0 aromatic carbocycles. The Bertz CT molecular complexity index is 464. The summed E-state index contributed by atoms with van der Waals surface area (Å²) >= 11 is 0. The number of furan rings is 1. The summed E-state index contributed by atoms with van der Waals surface area (Å²) in [5.74, 6) is 1.07. The van der Waals surface area contributed by atoms with Crippen LogP contribution in [-0.4, -0.2) is 42.8 Å². The van der Waals surface area contributed by atoms with Crippen molar-refractivity contribution >= 4 is 5.97 Å². The van der Waals surface area contributed by atoms with Crippen molar-refractivity contribution in [3.63, 3.8) is 0 Å². The lowest BCUT2D eigenvalue weighted by Crippen LogP contribution is -2.30. The number of aliphatic hydroxyl groups is 1. The Kier molecular flexibility index (Phi) is 4.83. The van der Waals surface area contributed by atoms with Crippen molar-refractivity contribution in [2.45, 2.75) is 38.8 Å². The summed E-state index contributed by atoms with van der Waals surface area (Å²) in [6.07, 6.45) is 2.74. The van der Waals surface area contributed by atoms with Crippen LogP contribution >= 0.6 is 0 Å². The standard InChI is InChI=1S/C15H23NO4/c1-4-13-11(7-14(20-13)15(18)19-3)8-16(2)9-12(17)10-5-6-10/h7,10,12,17H,4-6,8-9H2,1-3H3. The minimum atomic E-state index is -0.452. The van der Waals surface area contributed by atoms with Gasteiger partial charge in [-0.2, -0.15) is 0 Å². The summed E-state index contributed by atoms with van der Waals surface area (Å²) in [6, 6.07) is 1.74. The molecule has 1 aliphatic carbocycles. The molecule has 112 valence electrons. The Labute approximate surface area is 119 Å². The molecule has 20 heavy (non-hydrogen) atoms. The number of nitrogens with zero attached hydrogens (tertiary/aromatic N) is 1. The van der Waals surface area contributed by atoms with Crippen LogP contribution in [0.3, 0.4) is 0 Å². The summed E-state index contributed by atoms with van der Waals surface area (Å²) in [4.78, 5) is 13.6. The minimum Gasteiger partial charge on any atom is -0.463 e. The van der Waals surface area contributed by atoms with E-state index in [9.17, 15) is 9.90 Å². The number of esters is 1. The molecule has 1 atom stereocenters. The van der Waals surface area contributed by atoms with Gasteiger partial charge in [0, 0.05) is 25.1 Å². The Morgan fingerprint density at radius 2 is 2.30 bits per heavy atom. The lowest BCUT2D eigenvalue weighted by molar-refractivity contribution is 0.0563. The number of carbonyl (C=O) groups excluding carboxylic acids is 1. The third kappa shape index (κ3) is 3.61. The van der Waals surface area contributed by atoms with Crippen LogP contribution in [0, 0.1) is 5.92 Å². The maximum absolute atomic E-state index is 11.5. The highest BCUT2D eigenvalue weighted by Crippen LogP contribution is 2.33. The number of carbonyl (C=O) groups is 1. The first-order chi connectivity index (χ1) is 9.55. The Morgan fingerprint density at radius 1 is 1.60 bits per heavy atom. The molecule has 0 radical (unpaired) electrons. The first kappa shape index (κ1) is 15.1. The molecular weight excluding hydrogens is 258 g/mol. The van der Waals surface area contributed by atoms with E-state index >= 15 is 0 Å². The van der Waals surface area contributed by atoms with Crippen molar-refractivity contribution < 1.29 is 19.1 Å². The van der Waals surface area contributed by atoms with Crippen molar-refractivity contribution in [3.05, 3.63) is 23.2 Å². The second-order valence-corrected chi connectivity index (χ2v) is 5.51. The van der Waals surface area contributed by atoms with Gasteiger partial charge in [-0.1, -0.05) is 6.92 Å². The average molecular weight is 281 g/mol. The lowest BCUT2D eigenvalue weighted by Gasteiger charge is -2.20. The van der Waals surface area contributed by atoms with Crippen LogP contribution in [0.2, 0.25) is 0 Å². The molecule has 5 nitrogen and oxygen atoms in total. The Balaban J connectivity index is 1.99. The van der Waals surface area contributed by atoms with Crippen LogP contribution in [-0.2, 0) is 17.7 Å². The van der Waals surface area contributed by atoms with E-state index in [0.29, 0.717) is 19.0 Å². The number of hydrogen-bond donors (Lipinski definition) is 1. The number of likely N-dealkylation sites (N-methyl/N-ethyl adjacent to an activating group) is 1. The fourth-order valence-corrected chi connectivity index (χ4v) is 2.41. The molecule has 1 N–H and O–H groups in total. The second kappa shape index (κ2) is 6.41. The maximum atomic E-state index is 11.5. The highest BCUT2D eigenvalue weighted by molar-refractivity contribution is 5.86. The zero-order valence-electron chi connectivity index (χ0n) is 12.4. The number of hydrogen-bond acceptors (Lipinski definition) is 5. The highest BCUT2D eigenvalue weighted by atomic mass is 16.5. The zero-order valence-corrected chi connectivity index (χ0v) is 12.4. The fraction of sp³-hybridized carbons (Fsp3) is 0.667. The third-order valence-corrected chi connectivity index (χ3v) is 3.71. The van der Waals surface area contributed by atoms with E-state index in [-0.39, 0.29) is 11.9 Å². The Morgan fingerprint density at radius 3 is 2.85 bits per heavy atom. The first-order valence-electron chi connectivity index (χ1n) is 7.11. The number of rotatable bonds is 7. The van der Waals surface area contributed by atoms with Crippen LogP contribution in [0.1, 0.15) is 41.6 Å². The van der Waals surface area contributed by atoms with Gasteiger partial charge >= 0.3 is 5.97 Å². The fourth-order valence-electron chi connectivity index (χ4n) is 2.41. The van der Waals surface area contributed by atoms with Gasteiger partial charge in [-0.3, -0.25) is 4.90 Å². The molecule has 1 aliphatic rings. The molecule has 0 spiro atoms. The van der Waals surface area contributed by atoms with Gasteiger partial charge < -0.3 is 14.3 Å². The van der Waals surface area contributed by atoms with E-state index in [0.717, 1.165) is 30.6 Å². The number of ether oxygens (including phenoxy) is 1. The van der Waals surface area contributed by atoms with E-state index < -0.39 is 5.97 Å². The lowest BCUT2D eigenvalue weighted by atomic mass is 10.1. The molecule has 5 heteroatoms. The van der Waals surface area contributed by atoms with E-state index in [1.54, 1.807) is 6.07 Å². The largest absolute Gasteiger partial charge is 0.463 e. The second-order valence-electron chi connectivity index (χ2n) is 5.51. The van der Waals surface area contributed by atoms with Crippen molar-refractivity contribution in [1.82, 2.24) is 4.90 Å². The van der Waals surface area contributed by atoms with Crippen molar-refractivity contribution in [3.8, 4) is 0 Å². The van der Waals surface area contributed by atoms with Gasteiger partial charge in [-0.05, 0) is 31.9 Å². The molecule has 0 saturated heterocycles.